The minimum absolute atomic E-state index is 0.302. The number of benzene rings is 3. The normalized spacial score (nSPS) is 11.7. The quantitative estimate of drug-likeness (QED) is 0.221. The van der Waals surface area contributed by atoms with Crippen LogP contribution in [0.5, 0.6) is 17.2 Å². The van der Waals surface area contributed by atoms with Crippen molar-refractivity contribution in [2.45, 2.75) is 19.4 Å². The van der Waals surface area contributed by atoms with Crippen molar-refractivity contribution in [2.24, 2.45) is 0 Å². The van der Waals surface area contributed by atoms with Gasteiger partial charge in [0, 0.05) is 41.4 Å². The summed E-state index contributed by atoms with van der Waals surface area (Å²) in [5.74, 6) is 0.954. The molecule has 0 saturated heterocycles. The summed E-state index contributed by atoms with van der Waals surface area (Å²) >= 11 is 0. The van der Waals surface area contributed by atoms with Gasteiger partial charge in [0.25, 0.3) is 0 Å². The van der Waals surface area contributed by atoms with Gasteiger partial charge in [-0.3, -0.25) is 4.79 Å². The number of carbonyl (C=O) groups excluding carboxylic acids is 1. The first-order valence-electron chi connectivity index (χ1n) is 12.6. The van der Waals surface area contributed by atoms with Gasteiger partial charge in [-0.1, -0.05) is 12.1 Å². The van der Waals surface area contributed by atoms with Gasteiger partial charge < -0.3 is 30.1 Å². The van der Waals surface area contributed by atoms with Gasteiger partial charge >= 0.3 is 0 Å². The molecule has 208 valence electrons. The average molecular weight is 546 g/mol. The highest BCUT2D eigenvalue weighted by Crippen LogP contribution is 2.37. The van der Waals surface area contributed by atoms with Crippen LogP contribution < -0.4 is 20.1 Å². The maximum Gasteiger partial charge on any atom is 0.248 e. The number of hydrogen-bond acceptors (Lipinski definition) is 8. The summed E-state index contributed by atoms with van der Waals surface area (Å²) in [5.41, 5.74) is 0.891. The van der Waals surface area contributed by atoms with Crippen LogP contribution in [0.3, 0.4) is 0 Å². The maximum atomic E-state index is 13.6. The number of methoxy groups -OCH3 is 1. The van der Waals surface area contributed by atoms with E-state index in [0.717, 1.165) is 0 Å². The molecule has 0 unspecified atom stereocenters. The number of nitrogens with one attached hydrogen (secondary N) is 2. The van der Waals surface area contributed by atoms with E-state index in [9.17, 15) is 14.3 Å². The number of anilines is 3. The van der Waals surface area contributed by atoms with Crippen molar-refractivity contribution in [3.05, 3.63) is 84.5 Å². The van der Waals surface area contributed by atoms with E-state index >= 15 is 0 Å². The number of aliphatic hydroxyl groups is 1. The van der Waals surface area contributed by atoms with Crippen LogP contribution in [0.4, 0.5) is 21.6 Å². The molecule has 40 heavy (non-hydrogen) atoms. The number of rotatable bonds is 10. The maximum absolute atomic E-state index is 13.6. The molecule has 3 aromatic carbocycles. The van der Waals surface area contributed by atoms with Crippen LogP contribution in [0.1, 0.15) is 19.4 Å². The van der Waals surface area contributed by atoms with Gasteiger partial charge in [-0.25, -0.2) is 14.4 Å². The molecule has 0 bridgehead atoms. The van der Waals surface area contributed by atoms with Gasteiger partial charge in [0.2, 0.25) is 5.91 Å². The lowest BCUT2D eigenvalue weighted by Gasteiger charge is -2.23. The van der Waals surface area contributed by atoms with Crippen molar-refractivity contribution in [3.8, 4) is 17.2 Å². The third-order valence-electron chi connectivity index (χ3n) is 5.89. The second kappa shape index (κ2) is 12.1. The Bertz CT molecular complexity index is 1550. The molecule has 3 N–H and O–H groups in total. The first-order chi connectivity index (χ1) is 19.0. The molecule has 0 atom stereocenters. The van der Waals surface area contributed by atoms with Crippen LogP contribution >= 0.6 is 0 Å². The molecule has 1 heterocycles. The summed E-state index contributed by atoms with van der Waals surface area (Å²) < 4.78 is 24.9. The average Bonchev–Trinajstić information content (AvgIpc) is 2.88. The van der Waals surface area contributed by atoms with E-state index in [4.69, 9.17) is 9.47 Å². The molecule has 0 fully saturated rings. The van der Waals surface area contributed by atoms with E-state index in [-0.39, 0.29) is 5.91 Å². The first-order valence-corrected chi connectivity index (χ1v) is 12.6. The van der Waals surface area contributed by atoms with Crippen LogP contribution in [-0.4, -0.2) is 53.6 Å². The molecule has 1 amide bonds. The summed E-state index contributed by atoms with van der Waals surface area (Å²) in [5, 5.41) is 17.7. The third-order valence-corrected chi connectivity index (χ3v) is 5.89. The molecule has 0 aliphatic heterocycles. The number of hydrogen-bond donors (Lipinski definition) is 3. The van der Waals surface area contributed by atoms with E-state index in [1.807, 2.05) is 19.0 Å². The van der Waals surface area contributed by atoms with Gasteiger partial charge in [-0.05, 0) is 64.3 Å². The molecule has 4 aromatic rings. The van der Waals surface area contributed by atoms with E-state index < -0.39 is 11.4 Å². The van der Waals surface area contributed by atoms with Crippen LogP contribution in [0.15, 0.2) is 73.1 Å². The molecule has 0 aliphatic rings. The van der Waals surface area contributed by atoms with Crippen molar-refractivity contribution in [3.63, 3.8) is 0 Å². The topological polar surface area (TPSA) is 109 Å². The Morgan fingerprint density at radius 2 is 1.85 bits per heavy atom. The van der Waals surface area contributed by atoms with Gasteiger partial charge in [0.15, 0.2) is 0 Å². The van der Waals surface area contributed by atoms with E-state index in [1.54, 1.807) is 62.4 Å². The Balaban J connectivity index is 1.68. The monoisotopic (exact) mass is 545 g/mol. The van der Waals surface area contributed by atoms with Gasteiger partial charge in [0.1, 0.15) is 35.2 Å². The summed E-state index contributed by atoms with van der Waals surface area (Å²) in [7, 11) is 5.34. The molecule has 1 aromatic heterocycles. The molecule has 0 saturated carbocycles. The zero-order valence-corrected chi connectivity index (χ0v) is 23.0. The minimum Gasteiger partial charge on any atom is -0.494 e. The number of aromatic nitrogens is 2. The Labute approximate surface area is 232 Å². The Kier molecular flexibility index (Phi) is 8.61. The Morgan fingerprint density at radius 3 is 2.55 bits per heavy atom. The van der Waals surface area contributed by atoms with Crippen LogP contribution in [-0.2, 0) is 10.4 Å². The molecule has 4 rings (SSSR count). The van der Waals surface area contributed by atoms with Gasteiger partial charge in [-0.2, -0.15) is 0 Å². The highest BCUT2D eigenvalue weighted by Gasteiger charge is 2.22. The molecule has 0 spiro atoms. The Morgan fingerprint density at radius 1 is 1.07 bits per heavy atom. The standard InChI is InChI=1S/C30H32FN5O4/c1-30(2,38)23-15-21(40-20-9-6-8-19(31)14-20)11-12-24(23)35-29-22-16-26(34-28(37)10-7-13-36(3)4)27(39-5)17-25(22)32-18-33-29/h6-12,14-18,38H,13H2,1-5H3,(H,34,37)(H,32,33,35)/b10-7+. The van der Waals surface area contributed by atoms with Gasteiger partial charge in [0.05, 0.1) is 23.9 Å². The number of amides is 1. The van der Waals surface area contributed by atoms with E-state index in [1.165, 1.54) is 31.6 Å². The van der Waals surface area contributed by atoms with E-state index in [2.05, 4.69) is 20.6 Å². The summed E-state index contributed by atoms with van der Waals surface area (Å²) in [6, 6.07) is 14.4. The highest BCUT2D eigenvalue weighted by atomic mass is 19.1. The molecular formula is C30H32FN5O4. The predicted molar refractivity (Wildman–Crippen MR) is 154 cm³/mol. The van der Waals surface area contributed by atoms with Crippen molar-refractivity contribution in [1.82, 2.24) is 14.9 Å². The van der Waals surface area contributed by atoms with Crippen molar-refractivity contribution in [2.75, 3.05) is 38.4 Å². The number of ether oxygens (including phenoxy) is 2. The fourth-order valence-electron chi connectivity index (χ4n) is 3.99. The second-order valence-corrected chi connectivity index (χ2v) is 9.90. The fourth-order valence-corrected chi connectivity index (χ4v) is 3.99. The van der Waals surface area contributed by atoms with E-state index in [0.29, 0.717) is 57.5 Å². The fraction of sp³-hybridized carbons (Fsp3) is 0.233. The van der Waals surface area contributed by atoms with Crippen LogP contribution in [0.2, 0.25) is 0 Å². The highest BCUT2D eigenvalue weighted by molar-refractivity contribution is 6.03. The van der Waals surface area contributed by atoms with Crippen molar-refractivity contribution < 1.29 is 23.8 Å². The number of fused-ring (bicyclic) bond motifs is 1. The predicted octanol–water partition coefficient (Wildman–Crippen LogP) is 5.60. The van der Waals surface area contributed by atoms with Crippen molar-refractivity contribution >= 4 is 34.0 Å². The zero-order chi connectivity index (χ0) is 28.9. The lowest BCUT2D eigenvalue weighted by atomic mass is 9.96. The zero-order valence-electron chi connectivity index (χ0n) is 23.0. The van der Waals surface area contributed by atoms with Crippen molar-refractivity contribution in [1.29, 1.82) is 0 Å². The largest absolute Gasteiger partial charge is 0.494 e. The third kappa shape index (κ3) is 7.10. The summed E-state index contributed by atoms with van der Waals surface area (Å²) in [4.78, 5) is 23.3. The number of nitrogens with zero attached hydrogens (tertiary/aromatic N) is 3. The van der Waals surface area contributed by atoms with Gasteiger partial charge in [-0.15, -0.1) is 0 Å². The lowest BCUT2D eigenvalue weighted by molar-refractivity contribution is -0.111. The Hall–Kier alpha value is -4.54. The number of likely N-dealkylation sites (N-methyl/N-ethyl adjacent to an activating group) is 1. The first kappa shape index (κ1) is 28.5. The number of carbonyl (C=O) groups is 1. The van der Waals surface area contributed by atoms with Crippen LogP contribution in [0.25, 0.3) is 10.9 Å². The summed E-state index contributed by atoms with van der Waals surface area (Å²) in [6.07, 6.45) is 4.64. The minimum atomic E-state index is -1.26. The molecule has 0 radical (unpaired) electrons. The summed E-state index contributed by atoms with van der Waals surface area (Å²) in [6.45, 7) is 3.93. The molecule has 0 aliphatic carbocycles. The SMILES string of the molecule is COc1cc2ncnc(Nc3ccc(Oc4cccc(F)c4)cc3C(C)(C)O)c2cc1NC(=O)/C=C/CN(C)C. The van der Waals surface area contributed by atoms with Crippen LogP contribution in [0, 0.1) is 5.82 Å². The lowest BCUT2D eigenvalue weighted by Crippen LogP contribution is -2.18. The molecule has 10 heteroatoms. The second-order valence-electron chi connectivity index (χ2n) is 9.90. The molecular weight excluding hydrogens is 513 g/mol. The molecule has 9 nitrogen and oxygen atoms in total. The number of halogens is 1. The smallest absolute Gasteiger partial charge is 0.248 e.